The first-order valence-corrected chi connectivity index (χ1v) is 4.82. The van der Waals surface area contributed by atoms with E-state index in [0.717, 1.165) is 11.5 Å². The van der Waals surface area contributed by atoms with Gasteiger partial charge in [-0.3, -0.25) is 5.10 Å². The lowest BCUT2D eigenvalue weighted by atomic mass is 10.2. The molecule has 0 fully saturated rings. The minimum absolute atomic E-state index is 0.717. The van der Waals surface area contributed by atoms with Gasteiger partial charge in [-0.25, -0.2) is 0 Å². The lowest BCUT2D eigenvalue weighted by Crippen LogP contribution is -1.98. The highest BCUT2D eigenvalue weighted by Crippen LogP contribution is 2.35. The molecule has 0 aliphatic heterocycles. The second-order valence-electron chi connectivity index (χ2n) is 3.13. The Kier molecular flexibility index (Phi) is 2.95. The van der Waals surface area contributed by atoms with Crippen LogP contribution < -0.4 is 14.8 Å². The van der Waals surface area contributed by atoms with Crippen LogP contribution in [0, 0.1) is 0 Å². The number of hydrogen-bond acceptors (Lipinski definition) is 4. The summed E-state index contributed by atoms with van der Waals surface area (Å²) in [7, 11) is 3.24. The summed E-state index contributed by atoms with van der Waals surface area (Å²) in [6.45, 7) is 0. The first kappa shape index (κ1) is 10.4. The van der Waals surface area contributed by atoms with Gasteiger partial charge in [0.2, 0.25) is 0 Å². The molecule has 1 aromatic carbocycles. The fourth-order valence-electron chi connectivity index (χ4n) is 1.43. The number of anilines is 2. The summed E-state index contributed by atoms with van der Waals surface area (Å²) in [6.07, 6.45) is 1.67. The first-order chi connectivity index (χ1) is 7.85. The molecule has 84 valence electrons. The number of nitrogens with one attached hydrogen (secondary N) is 2. The van der Waals surface area contributed by atoms with Gasteiger partial charge in [-0.2, -0.15) is 5.10 Å². The van der Waals surface area contributed by atoms with Crippen molar-refractivity contribution in [2.24, 2.45) is 0 Å². The van der Waals surface area contributed by atoms with Crippen LogP contribution >= 0.6 is 0 Å². The van der Waals surface area contributed by atoms with Crippen LogP contribution in [0.1, 0.15) is 0 Å². The average molecular weight is 219 g/mol. The van der Waals surface area contributed by atoms with Crippen LogP contribution in [0.3, 0.4) is 0 Å². The summed E-state index contributed by atoms with van der Waals surface area (Å²) in [5.74, 6) is 2.21. The minimum Gasteiger partial charge on any atom is -0.494 e. The molecule has 0 aliphatic rings. The van der Waals surface area contributed by atoms with E-state index in [1.807, 2.05) is 24.3 Å². The molecule has 0 unspecified atom stereocenters. The zero-order valence-electron chi connectivity index (χ0n) is 9.15. The highest BCUT2D eigenvalue weighted by molar-refractivity contribution is 5.71. The third-order valence-corrected chi connectivity index (χ3v) is 2.19. The van der Waals surface area contributed by atoms with Gasteiger partial charge >= 0.3 is 0 Å². The van der Waals surface area contributed by atoms with Crippen LogP contribution in [0.2, 0.25) is 0 Å². The molecule has 5 nitrogen and oxygen atoms in total. The number of aromatic amines is 1. The maximum Gasteiger partial charge on any atom is 0.146 e. The molecule has 2 N–H and O–H groups in total. The van der Waals surface area contributed by atoms with E-state index in [2.05, 4.69) is 15.5 Å². The molecule has 1 heterocycles. The number of methoxy groups -OCH3 is 2. The van der Waals surface area contributed by atoms with Gasteiger partial charge in [-0.1, -0.05) is 6.07 Å². The zero-order chi connectivity index (χ0) is 11.4. The summed E-state index contributed by atoms with van der Waals surface area (Å²) >= 11 is 0. The Labute approximate surface area is 93.4 Å². The lowest BCUT2D eigenvalue weighted by molar-refractivity contribution is 0.398. The lowest BCUT2D eigenvalue weighted by Gasteiger charge is -2.13. The van der Waals surface area contributed by atoms with Crippen molar-refractivity contribution in [3.63, 3.8) is 0 Å². The SMILES string of the molecule is COc1cccc(OC)c1Nc1ccn[nH]1. The molecular formula is C11H13N3O2. The standard InChI is InChI=1S/C11H13N3O2/c1-15-8-4-3-5-9(16-2)11(8)13-10-6-7-12-14-10/h3-7H,1-2H3,(H2,12,13,14). The van der Waals surface area contributed by atoms with Gasteiger partial charge in [0.05, 0.1) is 20.4 Å². The predicted octanol–water partition coefficient (Wildman–Crippen LogP) is 2.17. The molecule has 0 bridgehead atoms. The maximum absolute atomic E-state index is 5.26. The van der Waals surface area contributed by atoms with Crippen LogP contribution in [0.25, 0.3) is 0 Å². The monoisotopic (exact) mass is 219 g/mol. The second-order valence-corrected chi connectivity index (χ2v) is 3.13. The van der Waals surface area contributed by atoms with E-state index < -0.39 is 0 Å². The fraction of sp³-hybridized carbons (Fsp3) is 0.182. The molecular weight excluding hydrogens is 206 g/mol. The Hall–Kier alpha value is -2.17. The van der Waals surface area contributed by atoms with E-state index in [0.29, 0.717) is 11.5 Å². The Morgan fingerprint density at radius 1 is 1.12 bits per heavy atom. The van der Waals surface area contributed by atoms with E-state index in [1.54, 1.807) is 20.4 Å². The molecule has 0 radical (unpaired) electrons. The number of H-pyrrole nitrogens is 1. The molecule has 5 heteroatoms. The van der Waals surface area contributed by atoms with Gasteiger partial charge in [0, 0.05) is 6.07 Å². The summed E-state index contributed by atoms with van der Waals surface area (Å²) in [5.41, 5.74) is 0.775. The summed E-state index contributed by atoms with van der Waals surface area (Å²) < 4.78 is 10.5. The number of hydrogen-bond donors (Lipinski definition) is 2. The van der Waals surface area contributed by atoms with E-state index in [1.165, 1.54) is 0 Å². The van der Waals surface area contributed by atoms with Crippen molar-refractivity contribution in [3.05, 3.63) is 30.5 Å². The Morgan fingerprint density at radius 3 is 2.31 bits per heavy atom. The largest absolute Gasteiger partial charge is 0.494 e. The molecule has 2 aromatic rings. The van der Waals surface area contributed by atoms with Crippen LogP contribution in [-0.4, -0.2) is 24.4 Å². The number of ether oxygens (including phenoxy) is 2. The van der Waals surface area contributed by atoms with Gasteiger partial charge in [-0.05, 0) is 12.1 Å². The van der Waals surface area contributed by atoms with Crippen molar-refractivity contribution in [1.29, 1.82) is 0 Å². The number of para-hydroxylation sites is 1. The second kappa shape index (κ2) is 4.57. The van der Waals surface area contributed by atoms with Crippen LogP contribution in [0.5, 0.6) is 11.5 Å². The van der Waals surface area contributed by atoms with E-state index >= 15 is 0 Å². The Bertz CT molecular complexity index is 432. The predicted molar refractivity (Wildman–Crippen MR) is 61.4 cm³/mol. The molecule has 1 aromatic heterocycles. The summed E-state index contributed by atoms with van der Waals surface area (Å²) in [5, 5.41) is 9.83. The molecule has 16 heavy (non-hydrogen) atoms. The maximum atomic E-state index is 5.26. The summed E-state index contributed by atoms with van der Waals surface area (Å²) in [6, 6.07) is 7.42. The molecule has 0 spiro atoms. The molecule has 0 atom stereocenters. The van der Waals surface area contributed by atoms with E-state index in [-0.39, 0.29) is 0 Å². The van der Waals surface area contributed by atoms with Crippen LogP contribution in [0.4, 0.5) is 11.5 Å². The topological polar surface area (TPSA) is 59.2 Å². The van der Waals surface area contributed by atoms with Gasteiger partial charge in [0.1, 0.15) is 23.0 Å². The number of nitrogens with zero attached hydrogens (tertiary/aromatic N) is 1. The molecule has 2 rings (SSSR count). The Balaban J connectivity index is 2.37. The molecule has 0 aliphatic carbocycles. The van der Waals surface area contributed by atoms with Crippen molar-refractivity contribution in [1.82, 2.24) is 10.2 Å². The van der Waals surface area contributed by atoms with Gasteiger partial charge in [0.15, 0.2) is 0 Å². The minimum atomic E-state index is 0.717. The van der Waals surface area contributed by atoms with Crippen LogP contribution in [0.15, 0.2) is 30.5 Å². The van der Waals surface area contributed by atoms with Crippen molar-refractivity contribution in [3.8, 4) is 11.5 Å². The van der Waals surface area contributed by atoms with Crippen molar-refractivity contribution in [2.45, 2.75) is 0 Å². The number of benzene rings is 1. The normalized spacial score (nSPS) is 9.88. The third-order valence-electron chi connectivity index (χ3n) is 2.19. The van der Waals surface area contributed by atoms with Gasteiger partial charge in [0.25, 0.3) is 0 Å². The molecule has 0 saturated carbocycles. The van der Waals surface area contributed by atoms with Gasteiger partial charge in [-0.15, -0.1) is 0 Å². The van der Waals surface area contributed by atoms with E-state index in [9.17, 15) is 0 Å². The third kappa shape index (κ3) is 1.93. The van der Waals surface area contributed by atoms with E-state index in [4.69, 9.17) is 9.47 Å². The van der Waals surface area contributed by atoms with Crippen LogP contribution in [-0.2, 0) is 0 Å². The highest BCUT2D eigenvalue weighted by atomic mass is 16.5. The van der Waals surface area contributed by atoms with Gasteiger partial charge < -0.3 is 14.8 Å². The fourth-order valence-corrected chi connectivity index (χ4v) is 1.43. The highest BCUT2D eigenvalue weighted by Gasteiger charge is 2.09. The quantitative estimate of drug-likeness (QED) is 0.827. The number of rotatable bonds is 4. The number of aromatic nitrogens is 2. The van der Waals surface area contributed by atoms with Crippen molar-refractivity contribution >= 4 is 11.5 Å². The zero-order valence-corrected chi connectivity index (χ0v) is 9.15. The van der Waals surface area contributed by atoms with Crippen molar-refractivity contribution in [2.75, 3.05) is 19.5 Å². The molecule has 0 saturated heterocycles. The Morgan fingerprint density at radius 2 is 1.81 bits per heavy atom. The molecule has 0 amide bonds. The van der Waals surface area contributed by atoms with Crippen molar-refractivity contribution < 1.29 is 9.47 Å². The smallest absolute Gasteiger partial charge is 0.146 e. The first-order valence-electron chi connectivity index (χ1n) is 4.82. The summed E-state index contributed by atoms with van der Waals surface area (Å²) in [4.78, 5) is 0. The average Bonchev–Trinajstić information content (AvgIpc) is 2.82.